The molecule has 0 aliphatic carbocycles. The van der Waals surface area contributed by atoms with E-state index in [1.807, 2.05) is 0 Å². The Kier molecular flexibility index (Phi) is 5.08. The van der Waals surface area contributed by atoms with E-state index in [1.165, 1.54) is 6.92 Å². The second-order valence-electron chi connectivity index (χ2n) is 4.49. The van der Waals surface area contributed by atoms with Crippen LogP contribution >= 0.6 is 0 Å². The average Bonchev–Trinajstić information content (AvgIpc) is 2.28. The fourth-order valence-corrected chi connectivity index (χ4v) is 1.93. The van der Waals surface area contributed by atoms with Crippen molar-refractivity contribution >= 4 is 17.8 Å². The molecule has 0 bridgehead atoms. The van der Waals surface area contributed by atoms with Gasteiger partial charge in [0.15, 0.2) is 0 Å². The second-order valence-corrected chi connectivity index (χ2v) is 4.49. The van der Waals surface area contributed by atoms with Crippen molar-refractivity contribution in [3.63, 3.8) is 0 Å². The first-order valence-corrected chi connectivity index (χ1v) is 5.93. The average molecular weight is 257 g/mol. The zero-order valence-corrected chi connectivity index (χ0v) is 10.4. The Morgan fingerprint density at radius 2 is 1.94 bits per heavy atom. The number of nitrogens with one attached hydrogen (secondary N) is 1. The molecule has 0 aromatic rings. The van der Waals surface area contributed by atoms with Crippen LogP contribution in [0.1, 0.15) is 26.2 Å². The fraction of sp³-hybridized carbons (Fsp3) is 0.727. The molecular formula is C11H19N3O4. The number of rotatable bonds is 4. The summed E-state index contributed by atoms with van der Waals surface area (Å²) in [6.45, 7) is 2.73. The molecule has 4 N–H and O–H groups in total. The quantitative estimate of drug-likeness (QED) is 0.592. The summed E-state index contributed by atoms with van der Waals surface area (Å²) in [6.07, 6.45) is 0.967. The Bertz CT molecular complexity index is 337. The van der Waals surface area contributed by atoms with Crippen LogP contribution in [0, 0.1) is 0 Å². The molecule has 0 radical (unpaired) electrons. The highest BCUT2D eigenvalue weighted by Crippen LogP contribution is 2.10. The van der Waals surface area contributed by atoms with Crippen molar-refractivity contribution in [2.24, 2.45) is 5.73 Å². The van der Waals surface area contributed by atoms with E-state index >= 15 is 0 Å². The van der Waals surface area contributed by atoms with Gasteiger partial charge in [-0.2, -0.15) is 0 Å². The molecule has 1 aliphatic heterocycles. The number of amides is 2. The molecule has 1 heterocycles. The van der Waals surface area contributed by atoms with Gasteiger partial charge in [-0.1, -0.05) is 0 Å². The zero-order valence-electron chi connectivity index (χ0n) is 10.4. The lowest BCUT2D eigenvalue weighted by atomic mass is 10.0. The van der Waals surface area contributed by atoms with Gasteiger partial charge < -0.3 is 21.1 Å². The summed E-state index contributed by atoms with van der Waals surface area (Å²) in [5.74, 6) is -1.51. The number of carboxylic acid groups (broad SMARTS) is 1. The Morgan fingerprint density at radius 1 is 1.39 bits per heavy atom. The van der Waals surface area contributed by atoms with Gasteiger partial charge in [0.25, 0.3) is 0 Å². The lowest BCUT2D eigenvalue weighted by Crippen LogP contribution is -2.50. The molecule has 2 amide bonds. The largest absolute Gasteiger partial charge is 0.481 e. The van der Waals surface area contributed by atoms with Gasteiger partial charge in [0.05, 0.1) is 12.5 Å². The van der Waals surface area contributed by atoms with Crippen LogP contribution in [0.15, 0.2) is 0 Å². The molecule has 7 nitrogen and oxygen atoms in total. The Hall–Kier alpha value is -1.63. The maximum atomic E-state index is 11.6. The van der Waals surface area contributed by atoms with Crippen molar-refractivity contribution in [1.82, 2.24) is 10.2 Å². The molecule has 1 fully saturated rings. The molecule has 7 heteroatoms. The Labute approximate surface area is 105 Å². The number of hydrogen-bond acceptors (Lipinski definition) is 4. The number of nitrogens with zero attached hydrogens (tertiary/aromatic N) is 1. The van der Waals surface area contributed by atoms with E-state index in [0.717, 1.165) is 0 Å². The van der Waals surface area contributed by atoms with Crippen LogP contribution in [0.2, 0.25) is 0 Å². The van der Waals surface area contributed by atoms with E-state index in [0.29, 0.717) is 25.9 Å². The summed E-state index contributed by atoms with van der Waals surface area (Å²) < 4.78 is 0. The standard InChI is InChI=1S/C11H19N3O4/c1-7(15)14-4-2-8(3-5-14)13-11(18)9(12)6-10(16)17/h8-9H,2-6,12H2,1H3,(H,13,18)(H,16,17). The fourth-order valence-electron chi connectivity index (χ4n) is 1.93. The molecule has 1 atom stereocenters. The third-order valence-electron chi connectivity index (χ3n) is 3.02. The SMILES string of the molecule is CC(=O)N1CCC(NC(=O)C(N)CC(=O)O)CC1. The summed E-state index contributed by atoms with van der Waals surface area (Å²) in [6, 6.07) is -1.05. The van der Waals surface area contributed by atoms with Crippen LogP contribution in [-0.2, 0) is 14.4 Å². The minimum atomic E-state index is -1.09. The molecule has 1 rings (SSSR count). The van der Waals surface area contributed by atoms with E-state index in [1.54, 1.807) is 4.90 Å². The number of likely N-dealkylation sites (tertiary alicyclic amines) is 1. The van der Waals surface area contributed by atoms with E-state index in [2.05, 4.69) is 5.32 Å². The van der Waals surface area contributed by atoms with Gasteiger partial charge in [-0.3, -0.25) is 14.4 Å². The first kappa shape index (κ1) is 14.4. The van der Waals surface area contributed by atoms with Gasteiger partial charge in [0, 0.05) is 26.1 Å². The highest BCUT2D eigenvalue weighted by molar-refractivity contribution is 5.86. The van der Waals surface area contributed by atoms with Crippen molar-refractivity contribution < 1.29 is 19.5 Å². The molecule has 102 valence electrons. The second kappa shape index (κ2) is 6.34. The van der Waals surface area contributed by atoms with Gasteiger partial charge in [-0.05, 0) is 12.8 Å². The van der Waals surface area contributed by atoms with Crippen molar-refractivity contribution in [3.8, 4) is 0 Å². The monoisotopic (exact) mass is 257 g/mol. The van der Waals surface area contributed by atoms with Crippen LogP contribution in [0.25, 0.3) is 0 Å². The van der Waals surface area contributed by atoms with Crippen molar-refractivity contribution in [1.29, 1.82) is 0 Å². The normalized spacial score (nSPS) is 18.2. The van der Waals surface area contributed by atoms with Crippen molar-refractivity contribution in [2.75, 3.05) is 13.1 Å². The molecule has 1 aliphatic rings. The summed E-state index contributed by atoms with van der Waals surface area (Å²) in [5.41, 5.74) is 5.45. The summed E-state index contributed by atoms with van der Waals surface area (Å²) in [4.78, 5) is 34.8. The first-order valence-electron chi connectivity index (χ1n) is 5.93. The number of carboxylic acids is 1. The van der Waals surface area contributed by atoms with E-state index in [4.69, 9.17) is 10.8 Å². The lowest BCUT2D eigenvalue weighted by Gasteiger charge is -2.32. The number of nitrogens with two attached hydrogens (primary N) is 1. The minimum Gasteiger partial charge on any atom is -0.481 e. The molecule has 1 unspecified atom stereocenters. The summed E-state index contributed by atoms with van der Waals surface area (Å²) >= 11 is 0. The highest BCUT2D eigenvalue weighted by Gasteiger charge is 2.24. The molecule has 18 heavy (non-hydrogen) atoms. The van der Waals surface area contributed by atoms with E-state index in [9.17, 15) is 14.4 Å². The zero-order chi connectivity index (χ0) is 13.7. The van der Waals surface area contributed by atoms with Crippen LogP contribution in [0.5, 0.6) is 0 Å². The smallest absolute Gasteiger partial charge is 0.305 e. The summed E-state index contributed by atoms with van der Waals surface area (Å²) in [5, 5.41) is 11.2. The topological polar surface area (TPSA) is 113 Å². The number of aliphatic carboxylic acids is 1. The third kappa shape index (κ3) is 4.33. The minimum absolute atomic E-state index is 0.0300. The van der Waals surface area contributed by atoms with Gasteiger partial charge in [-0.25, -0.2) is 0 Å². The van der Waals surface area contributed by atoms with Crippen molar-refractivity contribution in [3.05, 3.63) is 0 Å². The summed E-state index contributed by atoms with van der Waals surface area (Å²) in [7, 11) is 0. The van der Waals surface area contributed by atoms with Gasteiger partial charge >= 0.3 is 5.97 Å². The third-order valence-corrected chi connectivity index (χ3v) is 3.02. The Morgan fingerprint density at radius 3 is 2.39 bits per heavy atom. The molecule has 0 spiro atoms. The molecular weight excluding hydrogens is 238 g/mol. The predicted molar refractivity (Wildman–Crippen MR) is 63.6 cm³/mol. The van der Waals surface area contributed by atoms with E-state index in [-0.39, 0.29) is 18.4 Å². The van der Waals surface area contributed by atoms with Crippen LogP contribution in [-0.4, -0.2) is 53.0 Å². The maximum absolute atomic E-state index is 11.6. The van der Waals surface area contributed by atoms with Crippen LogP contribution < -0.4 is 11.1 Å². The molecule has 0 saturated carbocycles. The first-order chi connectivity index (χ1) is 8.40. The maximum Gasteiger partial charge on any atom is 0.305 e. The molecule has 0 aromatic heterocycles. The highest BCUT2D eigenvalue weighted by atomic mass is 16.4. The number of carbonyl (C=O) groups is 3. The lowest BCUT2D eigenvalue weighted by molar-refractivity contribution is -0.139. The van der Waals surface area contributed by atoms with Crippen LogP contribution in [0.3, 0.4) is 0 Å². The van der Waals surface area contributed by atoms with Crippen LogP contribution in [0.4, 0.5) is 0 Å². The van der Waals surface area contributed by atoms with E-state index < -0.39 is 17.9 Å². The molecule has 1 saturated heterocycles. The number of piperidine rings is 1. The van der Waals surface area contributed by atoms with Gasteiger partial charge in [0.2, 0.25) is 11.8 Å². The predicted octanol–water partition coefficient (Wildman–Crippen LogP) is -1.08. The van der Waals surface area contributed by atoms with Gasteiger partial charge in [-0.15, -0.1) is 0 Å². The van der Waals surface area contributed by atoms with Gasteiger partial charge in [0.1, 0.15) is 0 Å². The number of carbonyl (C=O) groups excluding carboxylic acids is 2. The molecule has 0 aromatic carbocycles. The van der Waals surface area contributed by atoms with Crippen molar-refractivity contribution in [2.45, 2.75) is 38.3 Å². The Balaban J connectivity index is 2.34. The number of hydrogen-bond donors (Lipinski definition) is 3.